The van der Waals surface area contributed by atoms with Gasteiger partial charge in [-0.05, 0) is 24.3 Å². The minimum Gasteiger partial charge on any atom is -0.502 e. The molecule has 0 aliphatic rings. The van der Waals surface area contributed by atoms with Crippen LogP contribution >= 0.6 is 0 Å². The first-order valence-electron chi connectivity index (χ1n) is 7.61. The third kappa shape index (κ3) is 4.79. The van der Waals surface area contributed by atoms with E-state index in [1.165, 1.54) is 27.5 Å². The highest BCUT2D eigenvalue weighted by Crippen LogP contribution is 2.36. The van der Waals surface area contributed by atoms with Gasteiger partial charge in [0.2, 0.25) is 5.75 Å². The Kier molecular flexibility index (Phi) is 6.67. The van der Waals surface area contributed by atoms with Crippen molar-refractivity contribution in [3.63, 3.8) is 0 Å². The summed E-state index contributed by atoms with van der Waals surface area (Å²) in [5.41, 5.74) is 2.92. The van der Waals surface area contributed by atoms with Crippen LogP contribution in [0, 0.1) is 0 Å². The third-order valence-electron chi connectivity index (χ3n) is 3.33. The maximum Gasteiger partial charge on any atom is 0.277 e. The number of amides is 1. The van der Waals surface area contributed by atoms with Crippen molar-refractivity contribution in [2.24, 2.45) is 5.10 Å². The van der Waals surface area contributed by atoms with E-state index in [1.807, 2.05) is 0 Å². The standard InChI is InChI=1S/C18H20N2O6/c1-23-13-6-4-5-7-14(13)26-11-17(21)20-19-10-12-8-15(24-2)18(22)16(9-12)25-3/h4-10,22H,11H2,1-3H3,(H,20,21). The van der Waals surface area contributed by atoms with Crippen LogP contribution in [0.25, 0.3) is 0 Å². The van der Waals surface area contributed by atoms with E-state index >= 15 is 0 Å². The van der Waals surface area contributed by atoms with Gasteiger partial charge in [0.25, 0.3) is 5.91 Å². The fraction of sp³-hybridized carbons (Fsp3) is 0.222. The highest BCUT2D eigenvalue weighted by Gasteiger charge is 2.10. The molecule has 0 heterocycles. The Balaban J connectivity index is 1.94. The SMILES string of the molecule is COc1ccccc1OCC(=O)NN=Cc1cc(OC)c(O)c(OC)c1. The molecule has 8 heteroatoms. The first-order valence-corrected chi connectivity index (χ1v) is 7.61. The number of hydrogen-bond donors (Lipinski definition) is 2. The zero-order valence-corrected chi connectivity index (χ0v) is 14.7. The Bertz CT molecular complexity index is 766. The first-order chi connectivity index (χ1) is 12.6. The Morgan fingerprint density at radius 3 is 2.19 bits per heavy atom. The van der Waals surface area contributed by atoms with Crippen molar-refractivity contribution in [1.29, 1.82) is 0 Å². The van der Waals surface area contributed by atoms with Gasteiger partial charge in [-0.3, -0.25) is 4.79 Å². The topological polar surface area (TPSA) is 98.6 Å². The maximum atomic E-state index is 11.8. The number of nitrogens with zero attached hydrogens (tertiary/aromatic N) is 1. The van der Waals surface area contributed by atoms with E-state index in [9.17, 15) is 9.90 Å². The average molecular weight is 360 g/mol. The molecule has 0 saturated carbocycles. The van der Waals surface area contributed by atoms with E-state index in [4.69, 9.17) is 18.9 Å². The van der Waals surface area contributed by atoms with E-state index in [0.29, 0.717) is 17.1 Å². The van der Waals surface area contributed by atoms with Gasteiger partial charge in [0.15, 0.2) is 29.6 Å². The summed E-state index contributed by atoms with van der Waals surface area (Å²) in [4.78, 5) is 11.8. The molecule has 26 heavy (non-hydrogen) atoms. The van der Waals surface area contributed by atoms with E-state index in [1.54, 1.807) is 36.4 Å². The van der Waals surface area contributed by atoms with Crippen LogP contribution in [-0.4, -0.2) is 45.2 Å². The van der Waals surface area contributed by atoms with E-state index in [-0.39, 0.29) is 23.9 Å². The Hall–Kier alpha value is -3.42. The van der Waals surface area contributed by atoms with Crippen LogP contribution in [0.5, 0.6) is 28.7 Å². The summed E-state index contributed by atoms with van der Waals surface area (Å²) in [6, 6.07) is 10.1. The van der Waals surface area contributed by atoms with Gasteiger partial charge in [0, 0.05) is 5.56 Å². The van der Waals surface area contributed by atoms with Crippen molar-refractivity contribution in [1.82, 2.24) is 5.43 Å². The lowest BCUT2D eigenvalue weighted by molar-refractivity contribution is -0.123. The molecule has 0 radical (unpaired) electrons. The summed E-state index contributed by atoms with van der Waals surface area (Å²) in [5.74, 6) is 0.911. The molecule has 0 spiro atoms. The van der Waals surface area contributed by atoms with Crippen molar-refractivity contribution in [3.8, 4) is 28.7 Å². The second-order valence-electron chi connectivity index (χ2n) is 5.01. The molecule has 0 bridgehead atoms. The lowest BCUT2D eigenvalue weighted by atomic mass is 10.2. The van der Waals surface area contributed by atoms with Crippen molar-refractivity contribution >= 4 is 12.1 Å². The molecule has 2 aromatic rings. The Morgan fingerprint density at radius 2 is 1.62 bits per heavy atom. The highest BCUT2D eigenvalue weighted by atomic mass is 16.5. The molecule has 138 valence electrons. The molecular formula is C18H20N2O6. The van der Waals surface area contributed by atoms with Gasteiger partial charge in [0.05, 0.1) is 27.5 Å². The average Bonchev–Trinajstić information content (AvgIpc) is 2.67. The fourth-order valence-electron chi connectivity index (χ4n) is 2.08. The number of rotatable bonds is 8. The number of benzene rings is 2. The monoisotopic (exact) mass is 360 g/mol. The summed E-state index contributed by atoms with van der Waals surface area (Å²) in [6.07, 6.45) is 1.39. The Morgan fingerprint density at radius 1 is 1.04 bits per heavy atom. The molecule has 2 rings (SSSR count). The van der Waals surface area contributed by atoms with E-state index in [2.05, 4.69) is 10.5 Å². The molecule has 0 unspecified atom stereocenters. The molecule has 2 N–H and O–H groups in total. The highest BCUT2D eigenvalue weighted by molar-refractivity contribution is 5.84. The number of phenolic OH excluding ortho intramolecular Hbond substituents is 1. The zero-order chi connectivity index (χ0) is 18.9. The maximum absolute atomic E-state index is 11.8. The molecule has 0 fully saturated rings. The van der Waals surface area contributed by atoms with Crippen LogP contribution in [0.3, 0.4) is 0 Å². The molecule has 0 aliphatic carbocycles. The van der Waals surface area contributed by atoms with Crippen molar-refractivity contribution < 1.29 is 28.8 Å². The van der Waals surface area contributed by atoms with Crippen LogP contribution in [0.15, 0.2) is 41.5 Å². The number of methoxy groups -OCH3 is 3. The number of para-hydroxylation sites is 2. The number of aromatic hydroxyl groups is 1. The second-order valence-corrected chi connectivity index (χ2v) is 5.01. The largest absolute Gasteiger partial charge is 0.502 e. The number of hydrogen-bond acceptors (Lipinski definition) is 7. The first kappa shape index (κ1) is 18.9. The lowest BCUT2D eigenvalue weighted by Gasteiger charge is -2.09. The number of carbonyl (C=O) groups excluding carboxylic acids is 1. The molecule has 2 aromatic carbocycles. The third-order valence-corrected chi connectivity index (χ3v) is 3.33. The smallest absolute Gasteiger partial charge is 0.277 e. The van der Waals surface area contributed by atoms with Gasteiger partial charge in [0.1, 0.15) is 0 Å². The Labute approximate surface area is 151 Å². The second kappa shape index (κ2) is 9.16. The number of phenols is 1. The van der Waals surface area contributed by atoms with E-state index < -0.39 is 5.91 Å². The summed E-state index contributed by atoms with van der Waals surface area (Å²) >= 11 is 0. The molecule has 0 aliphatic heterocycles. The molecule has 8 nitrogen and oxygen atoms in total. The van der Waals surface area contributed by atoms with Crippen LogP contribution in [0.2, 0.25) is 0 Å². The molecule has 0 atom stereocenters. The number of hydrazone groups is 1. The molecule has 1 amide bonds. The van der Waals surface area contributed by atoms with Crippen molar-refractivity contribution in [3.05, 3.63) is 42.0 Å². The summed E-state index contributed by atoms with van der Waals surface area (Å²) in [5, 5.41) is 13.7. The van der Waals surface area contributed by atoms with Gasteiger partial charge in [-0.2, -0.15) is 5.10 Å². The number of carbonyl (C=O) groups is 1. The van der Waals surface area contributed by atoms with Crippen LogP contribution < -0.4 is 24.4 Å². The van der Waals surface area contributed by atoms with Gasteiger partial charge in [-0.15, -0.1) is 0 Å². The predicted octanol–water partition coefficient (Wildman–Crippen LogP) is 1.95. The van der Waals surface area contributed by atoms with Gasteiger partial charge < -0.3 is 24.1 Å². The normalized spacial score (nSPS) is 10.4. The van der Waals surface area contributed by atoms with Crippen LogP contribution in [0.1, 0.15) is 5.56 Å². The van der Waals surface area contributed by atoms with E-state index in [0.717, 1.165) is 0 Å². The quantitative estimate of drug-likeness (QED) is 0.551. The molecule has 0 saturated heterocycles. The summed E-state index contributed by atoms with van der Waals surface area (Å²) in [6.45, 7) is -0.222. The van der Waals surface area contributed by atoms with Crippen LogP contribution in [0.4, 0.5) is 0 Å². The fourth-order valence-corrected chi connectivity index (χ4v) is 2.08. The van der Waals surface area contributed by atoms with Gasteiger partial charge in [-0.25, -0.2) is 5.43 Å². The van der Waals surface area contributed by atoms with Crippen LogP contribution in [-0.2, 0) is 4.79 Å². The van der Waals surface area contributed by atoms with Gasteiger partial charge >= 0.3 is 0 Å². The summed E-state index contributed by atoms with van der Waals surface area (Å²) < 4.78 is 20.6. The summed E-state index contributed by atoms with van der Waals surface area (Å²) in [7, 11) is 4.37. The lowest BCUT2D eigenvalue weighted by Crippen LogP contribution is -2.24. The molecule has 0 aromatic heterocycles. The van der Waals surface area contributed by atoms with Gasteiger partial charge in [-0.1, -0.05) is 12.1 Å². The predicted molar refractivity (Wildman–Crippen MR) is 95.4 cm³/mol. The minimum absolute atomic E-state index is 0.110. The number of ether oxygens (including phenoxy) is 4. The molecular weight excluding hydrogens is 340 g/mol. The minimum atomic E-state index is -0.440. The van der Waals surface area contributed by atoms with Crippen molar-refractivity contribution in [2.45, 2.75) is 0 Å². The zero-order valence-electron chi connectivity index (χ0n) is 14.7. The number of nitrogens with one attached hydrogen (secondary N) is 1. The van der Waals surface area contributed by atoms with Crippen molar-refractivity contribution in [2.75, 3.05) is 27.9 Å².